The average Bonchev–Trinajstić information content (AvgIpc) is 2.44. The minimum atomic E-state index is -0.767. The van der Waals surface area contributed by atoms with Crippen LogP contribution in [-0.4, -0.2) is 20.6 Å². The fourth-order valence-corrected chi connectivity index (χ4v) is 1.61. The predicted molar refractivity (Wildman–Crippen MR) is 57.9 cm³/mol. The molecule has 4 nitrogen and oxygen atoms in total. The van der Waals surface area contributed by atoms with Crippen molar-refractivity contribution in [2.75, 3.05) is 0 Å². The molecule has 0 atom stereocenters. The maximum atomic E-state index is 10.5. The first-order valence-electron chi connectivity index (χ1n) is 5.29. The van der Waals surface area contributed by atoms with Gasteiger partial charge in [0.15, 0.2) is 0 Å². The molecule has 0 unspecified atom stereocenters. The zero-order valence-electron chi connectivity index (χ0n) is 9.58. The van der Waals surface area contributed by atoms with Crippen LogP contribution in [0.1, 0.15) is 37.0 Å². The first kappa shape index (κ1) is 11.8. The summed E-state index contributed by atoms with van der Waals surface area (Å²) in [5.74, 6) is 0.285. The highest BCUT2D eigenvalue weighted by molar-refractivity contribution is 5.67. The SMILES string of the molecule is CCCc1nc(CCC(=O)O)c(C)n1C. The maximum Gasteiger partial charge on any atom is 0.303 e. The third kappa shape index (κ3) is 2.81. The molecule has 1 heterocycles. The van der Waals surface area contributed by atoms with E-state index in [-0.39, 0.29) is 6.42 Å². The van der Waals surface area contributed by atoms with Crippen LogP contribution < -0.4 is 0 Å². The van der Waals surface area contributed by atoms with Crippen molar-refractivity contribution in [3.63, 3.8) is 0 Å². The number of carbonyl (C=O) groups is 1. The Morgan fingerprint density at radius 2 is 2.13 bits per heavy atom. The summed E-state index contributed by atoms with van der Waals surface area (Å²) < 4.78 is 2.06. The minimum absolute atomic E-state index is 0.156. The number of rotatable bonds is 5. The zero-order valence-corrected chi connectivity index (χ0v) is 9.58. The van der Waals surface area contributed by atoms with E-state index in [1.54, 1.807) is 0 Å². The van der Waals surface area contributed by atoms with E-state index >= 15 is 0 Å². The highest BCUT2D eigenvalue weighted by Gasteiger charge is 2.11. The van der Waals surface area contributed by atoms with Crippen molar-refractivity contribution in [2.45, 2.75) is 39.5 Å². The Bertz CT molecular complexity index is 356. The topological polar surface area (TPSA) is 55.1 Å². The highest BCUT2D eigenvalue weighted by atomic mass is 16.4. The van der Waals surface area contributed by atoms with Crippen LogP contribution in [-0.2, 0) is 24.7 Å². The van der Waals surface area contributed by atoms with Crippen LogP contribution in [0.5, 0.6) is 0 Å². The fourth-order valence-electron chi connectivity index (χ4n) is 1.61. The Kier molecular flexibility index (Phi) is 3.88. The molecule has 4 heteroatoms. The molecule has 1 aromatic heterocycles. The number of carboxylic acid groups (broad SMARTS) is 1. The van der Waals surface area contributed by atoms with Crippen molar-refractivity contribution in [1.29, 1.82) is 0 Å². The van der Waals surface area contributed by atoms with Gasteiger partial charge in [0, 0.05) is 25.6 Å². The van der Waals surface area contributed by atoms with Crippen molar-refractivity contribution in [1.82, 2.24) is 9.55 Å². The quantitative estimate of drug-likeness (QED) is 0.804. The third-order valence-corrected chi connectivity index (χ3v) is 2.62. The first-order chi connectivity index (χ1) is 7.06. The molecule has 1 aromatic rings. The van der Waals surface area contributed by atoms with Crippen molar-refractivity contribution >= 4 is 5.97 Å². The van der Waals surface area contributed by atoms with Crippen LogP contribution in [0, 0.1) is 6.92 Å². The van der Waals surface area contributed by atoms with Crippen molar-refractivity contribution in [3.8, 4) is 0 Å². The van der Waals surface area contributed by atoms with Gasteiger partial charge in [-0.25, -0.2) is 4.98 Å². The summed E-state index contributed by atoms with van der Waals surface area (Å²) in [5.41, 5.74) is 2.00. The molecule has 0 saturated heterocycles. The minimum Gasteiger partial charge on any atom is -0.481 e. The van der Waals surface area contributed by atoms with Gasteiger partial charge in [0.1, 0.15) is 5.82 Å². The lowest BCUT2D eigenvalue weighted by Crippen LogP contribution is -2.00. The Hall–Kier alpha value is -1.32. The number of carboxylic acids is 1. The van der Waals surface area contributed by atoms with E-state index in [0.717, 1.165) is 30.1 Å². The monoisotopic (exact) mass is 210 g/mol. The summed E-state index contributed by atoms with van der Waals surface area (Å²) >= 11 is 0. The molecule has 0 aliphatic carbocycles. The van der Waals surface area contributed by atoms with Gasteiger partial charge < -0.3 is 9.67 Å². The van der Waals surface area contributed by atoms with E-state index in [9.17, 15) is 4.79 Å². The summed E-state index contributed by atoms with van der Waals surface area (Å²) in [5, 5.41) is 8.61. The second kappa shape index (κ2) is 4.96. The van der Waals surface area contributed by atoms with Crippen LogP contribution >= 0.6 is 0 Å². The predicted octanol–water partition coefficient (Wildman–Crippen LogP) is 1.70. The van der Waals surface area contributed by atoms with Gasteiger partial charge in [-0.3, -0.25) is 4.79 Å². The van der Waals surface area contributed by atoms with Crippen LogP contribution in [0.15, 0.2) is 0 Å². The lowest BCUT2D eigenvalue weighted by Gasteiger charge is -2.00. The molecular formula is C11H18N2O2. The Morgan fingerprint density at radius 1 is 1.47 bits per heavy atom. The van der Waals surface area contributed by atoms with E-state index in [2.05, 4.69) is 16.5 Å². The summed E-state index contributed by atoms with van der Waals surface area (Å²) in [6.45, 7) is 4.10. The normalized spacial score (nSPS) is 10.6. The first-order valence-corrected chi connectivity index (χ1v) is 5.29. The molecule has 0 bridgehead atoms. The molecule has 0 aliphatic rings. The molecule has 1 rings (SSSR count). The van der Waals surface area contributed by atoms with Crippen molar-refractivity contribution in [2.24, 2.45) is 7.05 Å². The smallest absolute Gasteiger partial charge is 0.303 e. The Labute approximate surface area is 89.9 Å². The third-order valence-electron chi connectivity index (χ3n) is 2.62. The molecule has 84 valence electrons. The second-order valence-electron chi connectivity index (χ2n) is 3.76. The molecule has 0 aromatic carbocycles. The lowest BCUT2D eigenvalue weighted by atomic mass is 10.2. The van der Waals surface area contributed by atoms with Gasteiger partial charge in [0.2, 0.25) is 0 Å². The molecule has 0 spiro atoms. The number of hydrogen-bond acceptors (Lipinski definition) is 2. The number of aryl methyl sites for hydroxylation is 2. The molecule has 15 heavy (non-hydrogen) atoms. The highest BCUT2D eigenvalue weighted by Crippen LogP contribution is 2.12. The number of hydrogen-bond donors (Lipinski definition) is 1. The standard InChI is InChI=1S/C11H18N2O2/c1-4-5-10-12-9(6-7-11(14)15)8(2)13(10)3/h4-7H2,1-3H3,(H,14,15). The molecule has 0 amide bonds. The van der Waals surface area contributed by atoms with Crippen LogP contribution in [0.4, 0.5) is 0 Å². The van der Waals surface area contributed by atoms with Gasteiger partial charge in [0.05, 0.1) is 12.1 Å². The van der Waals surface area contributed by atoms with Crippen molar-refractivity contribution < 1.29 is 9.90 Å². The average molecular weight is 210 g/mol. The van der Waals surface area contributed by atoms with Gasteiger partial charge in [-0.15, -0.1) is 0 Å². The van der Waals surface area contributed by atoms with Crippen LogP contribution in [0.2, 0.25) is 0 Å². The number of imidazole rings is 1. The second-order valence-corrected chi connectivity index (χ2v) is 3.76. The van der Waals surface area contributed by atoms with Crippen LogP contribution in [0.3, 0.4) is 0 Å². The number of nitrogens with zero attached hydrogens (tertiary/aromatic N) is 2. The molecule has 0 fully saturated rings. The van der Waals surface area contributed by atoms with Crippen molar-refractivity contribution in [3.05, 3.63) is 17.2 Å². The fraction of sp³-hybridized carbons (Fsp3) is 0.636. The van der Waals surface area contributed by atoms with Gasteiger partial charge in [0.25, 0.3) is 0 Å². The van der Waals surface area contributed by atoms with E-state index in [0.29, 0.717) is 6.42 Å². The number of aromatic nitrogens is 2. The van der Waals surface area contributed by atoms with E-state index in [1.807, 2.05) is 14.0 Å². The van der Waals surface area contributed by atoms with Crippen LogP contribution in [0.25, 0.3) is 0 Å². The largest absolute Gasteiger partial charge is 0.481 e. The van der Waals surface area contributed by atoms with E-state index < -0.39 is 5.97 Å². The Balaban J connectivity index is 2.80. The zero-order chi connectivity index (χ0) is 11.4. The summed E-state index contributed by atoms with van der Waals surface area (Å²) in [6.07, 6.45) is 2.69. The summed E-state index contributed by atoms with van der Waals surface area (Å²) in [7, 11) is 1.98. The van der Waals surface area contributed by atoms with Gasteiger partial charge in [-0.1, -0.05) is 6.92 Å². The Morgan fingerprint density at radius 3 is 2.67 bits per heavy atom. The maximum absolute atomic E-state index is 10.5. The summed E-state index contributed by atoms with van der Waals surface area (Å²) in [6, 6.07) is 0. The molecule has 0 saturated carbocycles. The summed E-state index contributed by atoms with van der Waals surface area (Å²) in [4.78, 5) is 14.9. The molecule has 0 aliphatic heterocycles. The molecular weight excluding hydrogens is 192 g/mol. The van der Waals surface area contributed by atoms with E-state index in [4.69, 9.17) is 5.11 Å². The van der Waals surface area contributed by atoms with Gasteiger partial charge >= 0.3 is 5.97 Å². The molecule has 0 radical (unpaired) electrons. The number of aliphatic carboxylic acids is 1. The van der Waals surface area contributed by atoms with E-state index in [1.165, 1.54) is 0 Å². The molecule has 1 N–H and O–H groups in total. The lowest BCUT2D eigenvalue weighted by molar-refractivity contribution is -0.136. The van der Waals surface area contributed by atoms with Gasteiger partial charge in [-0.05, 0) is 13.3 Å². The van der Waals surface area contributed by atoms with Gasteiger partial charge in [-0.2, -0.15) is 0 Å².